The molecule has 4 saturated carbocycles. The Morgan fingerprint density at radius 1 is 1.16 bits per heavy atom. The van der Waals surface area contributed by atoms with Crippen LogP contribution in [0.25, 0.3) is 0 Å². The lowest BCUT2D eigenvalue weighted by Crippen LogP contribution is -2.54. The van der Waals surface area contributed by atoms with Crippen molar-refractivity contribution in [2.24, 2.45) is 45.3 Å². The summed E-state index contributed by atoms with van der Waals surface area (Å²) in [6.45, 7) is 4.97. The van der Waals surface area contributed by atoms with Crippen LogP contribution in [-0.2, 0) is 0 Å². The van der Waals surface area contributed by atoms with E-state index in [-0.39, 0.29) is 16.6 Å². The van der Waals surface area contributed by atoms with Crippen LogP contribution in [0.5, 0.6) is 0 Å². The van der Waals surface area contributed by atoms with Gasteiger partial charge in [-0.3, -0.25) is 5.43 Å². The number of aliphatic hydroxyl groups excluding tert-OH is 1. The lowest BCUT2D eigenvalue weighted by atomic mass is 9.45. The van der Waals surface area contributed by atoms with E-state index in [9.17, 15) is 5.11 Å². The minimum atomic E-state index is -0.0557. The first-order valence-electron chi connectivity index (χ1n) is 10.1. The number of rotatable bonds is 1. The smallest absolute Gasteiger partial charge is 0.184 e. The van der Waals surface area contributed by atoms with Crippen LogP contribution in [0.1, 0.15) is 71.6 Å². The largest absolute Gasteiger partial charge is 0.393 e. The van der Waals surface area contributed by atoms with Crippen molar-refractivity contribution in [3.63, 3.8) is 0 Å². The predicted molar refractivity (Wildman–Crippen MR) is 105 cm³/mol. The highest BCUT2D eigenvalue weighted by molar-refractivity contribution is 7.80. The molecule has 4 nitrogen and oxygen atoms in total. The standard InChI is InChI=1S/C20H33N3OS/c1-19-9-7-13(24)11-12(19)3-4-14-15-5-6-17(22-23-18(21)25)20(15,2)10-8-16(14)19/h12-16,24H,3-11H2,1-2H3,(H3,21,23,25)/b22-17+/t12-,13+,14-,15-,16-,19-,20-/m0/s1. The Labute approximate surface area is 157 Å². The molecule has 7 atom stereocenters. The van der Waals surface area contributed by atoms with E-state index in [0.717, 1.165) is 42.9 Å². The van der Waals surface area contributed by atoms with Crippen LogP contribution in [0.3, 0.4) is 0 Å². The quantitative estimate of drug-likeness (QED) is 0.492. The number of hydrogen-bond donors (Lipinski definition) is 3. The van der Waals surface area contributed by atoms with Gasteiger partial charge in [-0.05, 0) is 99.1 Å². The number of nitrogens with zero attached hydrogens (tertiary/aromatic N) is 1. The fourth-order valence-corrected chi connectivity index (χ4v) is 7.38. The maximum absolute atomic E-state index is 10.1. The molecule has 4 N–H and O–H groups in total. The zero-order chi connectivity index (χ0) is 17.8. The molecule has 0 saturated heterocycles. The number of hydrazone groups is 1. The molecule has 4 aliphatic carbocycles. The first-order chi connectivity index (χ1) is 11.8. The molecule has 140 valence electrons. The average molecular weight is 364 g/mol. The molecule has 5 heteroatoms. The van der Waals surface area contributed by atoms with Crippen molar-refractivity contribution in [1.29, 1.82) is 0 Å². The van der Waals surface area contributed by atoms with E-state index in [1.807, 2.05) is 0 Å². The second-order valence-electron chi connectivity index (χ2n) is 9.61. The van der Waals surface area contributed by atoms with E-state index < -0.39 is 0 Å². The normalized spacial score (nSPS) is 50.7. The van der Waals surface area contributed by atoms with Crippen LogP contribution in [0.15, 0.2) is 5.10 Å². The van der Waals surface area contributed by atoms with Gasteiger partial charge in [0.2, 0.25) is 0 Å². The highest BCUT2D eigenvalue weighted by Gasteiger charge is 2.59. The summed E-state index contributed by atoms with van der Waals surface area (Å²) >= 11 is 4.93. The minimum absolute atomic E-state index is 0.0557. The first kappa shape index (κ1) is 17.7. The second-order valence-corrected chi connectivity index (χ2v) is 10.1. The predicted octanol–water partition coefficient (Wildman–Crippen LogP) is 3.58. The van der Waals surface area contributed by atoms with E-state index in [2.05, 4.69) is 24.4 Å². The Hall–Kier alpha value is -0.680. The zero-order valence-corrected chi connectivity index (χ0v) is 16.4. The molecule has 4 fully saturated rings. The van der Waals surface area contributed by atoms with Gasteiger partial charge in [0.25, 0.3) is 0 Å². The molecular formula is C20H33N3OS. The fourth-order valence-electron chi connectivity index (χ4n) is 7.33. The molecule has 0 radical (unpaired) electrons. The summed E-state index contributed by atoms with van der Waals surface area (Å²) in [7, 11) is 0. The summed E-state index contributed by atoms with van der Waals surface area (Å²) in [4.78, 5) is 0. The third-order valence-corrected chi connectivity index (χ3v) is 8.77. The van der Waals surface area contributed by atoms with Crippen molar-refractivity contribution in [1.82, 2.24) is 5.43 Å². The Kier molecular flexibility index (Phi) is 4.39. The molecule has 0 spiro atoms. The molecule has 0 unspecified atom stereocenters. The van der Waals surface area contributed by atoms with Crippen LogP contribution < -0.4 is 11.2 Å². The topological polar surface area (TPSA) is 70.6 Å². The van der Waals surface area contributed by atoms with Gasteiger partial charge in [0.15, 0.2) is 5.11 Å². The van der Waals surface area contributed by atoms with Gasteiger partial charge < -0.3 is 10.8 Å². The summed E-state index contributed by atoms with van der Waals surface area (Å²) in [5.41, 5.74) is 10.4. The highest BCUT2D eigenvalue weighted by Crippen LogP contribution is 2.65. The highest BCUT2D eigenvalue weighted by atomic mass is 32.1. The SMILES string of the molecule is C[C@]12CC[C@@H](O)C[C@@H]1CC[C@@H]1[C@@H]2CC[C@]2(C)/C(=N/NC(N)=S)CC[C@@H]12. The lowest BCUT2D eigenvalue weighted by molar-refractivity contribution is -0.113. The third-order valence-electron chi connectivity index (χ3n) is 8.68. The van der Waals surface area contributed by atoms with Crippen molar-refractivity contribution in [2.75, 3.05) is 0 Å². The van der Waals surface area contributed by atoms with Crippen molar-refractivity contribution < 1.29 is 5.11 Å². The molecule has 0 aromatic heterocycles. The van der Waals surface area contributed by atoms with E-state index in [1.54, 1.807) is 0 Å². The number of thiocarbonyl (C=S) groups is 1. The van der Waals surface area contributed by atoms with E-state index in [0.29, 0.717) is 5.41 Å². The first-order valence-corrected chi connectivity index (χ1v) is 10.6. The van der Waals surface area contributed by atoms with Crippen LogP contribution in [0, 0.1) is 34.5 Å². The Balaban J connectivity index is 1.58. The zero-order valence-electron chi connectivity index (χ0n) is 15.6. The van der Waals surface area contributed by atoms with Crippen LogP contribution in [-0.4, -0.2) is 22.0 Å². The molecule has 0 bridgehead atoms. The second kappa shape index (κ2) is 6.19. The Bertz CT molecular complexity index is 593. The molecule has 4 aliphatic rings. The number of nitrogens with two attached hydrogens (primary N) is 1. The molecule has 0 aliphatic heterocycles. The van der Waals surface area contributed by atoms with E-state index in [4.69, 9.17) is 18.0 Å². The Morgan fingerprint density at radius 2 is 1.96 bits per heavy atom. The summed E-state index contributed by atoms with van der Waals surface area (Å²) in [5.74, 6) is 3.14. The summed E-state index contributed by atoms with van der Waals surface area (Å²) < 4.78 is 0. The van der Waals surface area contributed by atoms with Crippen molar-refractivity contribution in [3.8, 4) is 0 Å². The van der Waals surface area contributed by atoms with Gasteiger partial charge in [-0.15, -0.1) is 0 Å². The number of nitrogens with one attached hydrogen (secondary N) is 1. The van der Waals surface area contributed by atoms with Gasteiger partial charge in [-0.2, -0.15) is 5.10 Å². The van der Waals surface area contributed by atoms with E-state index in [1.165, 1.54) is 44.2 Å². The molecule has 0 aromatic rings. The monoisotopic (exact) mass is 363 g/mol. The summed E-state index contributed by atoms with van der Waals surface area (Å²) in [6, 6.07) is 0. The fraction of sp³-hybridized carbons (Fsp3) is 0.900. The van der Waals surface area contributed by atoms with Gasteiger partial charge in [0.1, 0.15) is 0 Å². The third kappa shape index (κ3) is 2.73. The molecule has 0 aromatic carbocycles. The maximum Gasteiger partial charge on any atom is 0.184 e. The molecule has 4 rings (SSSR count). The van der Waals surface area contributed by atoms with Gasteiger partial charge >= 0.3 is 0 Å². The maximum atomic E-state index is 10.1. The van der Waals surface area contributed by atoms with Crippen molar-refractivity contribution in [2.45, 2.75) is 77.7 Å². The number of hydrogen-bond acceptors (Lipinski definition) is 3. The van der Waals surface area contributed by atoms with Crippen LogP contribution >= 0.6 is 12.2 Å². The summed E-state index contributed by atoms with van der Waals surface area (Å²) in [6.07, 6.45) is 10.7. The van der Waals surface area contributed by atoms with Crippen molar-refractivity contribution in [3.05, 3.63) is 0 Å². The van der Waals surface area contributed by atoms with Gasteiger partial charge in [0, 0.05) is 11.1 Å². The number of fused-ring (bicyclic) bond motifs is 5. The van der Waals surface area contributed by atoms with Crippen LogP contribution in [0.2, 0.25) is 0 Å². The Morgan fingerprint density at radius 3 is 2.72 bits per heavy atom. The van der Waals surface area contributed by atoms with Crippen molar-refractivity contribution >= 4 is 23.0 Å². The number of aliphatic hydroxyl groups is 1. The summed E-state index contributed by atoms with van der Waals surface area (Å²) in [5, 5.41) is 15.0. The van der Waals surface area contributed by atoms with Crippen LogP contribution in [0.4, 0.5) is 0 Å². The molecule has 0 heterocycles. The average Bonchev–Trinajstić information content (AvgIpc) is 2.90. The minimum Gasteiger partial charge on any atom is -0.393 e. The molecule has 25 heavy (non-hydrogen) atoms. The molecule has 0 amide bonds. The lowest BCUT2D eigenvalue weighted by Gasteiger charge is -2.60. The van der Waals surface area contributed by atoms with Gasteiger partial charge in [0.05, 0.1) is 6.10 Å². The van der Waals surface area contributed by atoms with E-state index >= 15 is 0 Å². The molecular weight excluding hydrogens is 330 g/mol. The van der Waals surface area contributed by atoms with Gasteiger partial charge in [-0.25, -0.2) is 0 Å². The van der Waals surface area contributed by atoms with Gasteiger partial charge in [-0.1, -0.05) is 13.8 Å².